The highest BCUT2D eigenvalue weighted by Crippen LogP contribution is 2.23. The molecule has 0 radical (unpaired) electrons. The van der Waals surface area contributed by atoms with E-state index in [1.54, 1.807) is 12.4 Å². The smallest absolute Gasteiger partial charge is 0.225 e. The molecule has 2 fully saturated rings. The first kappa shape index (κ1) is 17.9. The van der Waals surface area contributed by atoms with E-state index in [-0.39, 0.29) is 12.0 Å². The first-order chi connectivity index (χ1) is 13.3. The van der Waals surface area contributed by atoms with Crippen molar-refractivity contribution in [3.8, 4) is 0 Å². The minimum atomic E-state index is -0.193. The van der Waals surface area contributed by atoms with Crippen LogP contribution in [-0.4, -0.2) is 58.5 Å². The molecule has 7 nitrogen and oxygen atoms in total. The molecule has 2 saturated heterocycles. The molecular weight excluding hydrogens is 342 g/mol. The number of hydrogen-bond donors (Lipinski definition) is 0. The zero-order valence-electron chi connectivity index (χ0n) is 15.5. The lowest BCUT2D eigenvalue weighted by molar-refractivity contribution is -0.139. The van der Waals surface area contributed by atoms with E-state index in [1.165, 1.54) is 12.8 Å². The van der Waals surface area contributed by atoms with Crippen LogP contribution in [0.5, 0.6) is 0 Å². The molecule has 1 atom stereocenters. The molecule has 0 N–H and O–H groups in total. The van der Waals surface area contributed by atoms with Gasteiger partial charge < -0.3 is 14.5 Å². The predicted molar refractivity (Wildman–Crippen MR) is 101 cm³/mol. The minimum absolute atomic E-state index is 0.141. The van der Waals surface area contributed by atoms with Gasteiger partial charge in [0.15, 0.2) is 0 Å². The number of ether oxygens (including phenoxy) is 1. The summed E-state index contributed by atoms with van der Waals surface area (Å²) in [5.74, 6) is 0.912. The van der Waals surface area contributed by atoms with E-state index in [0.29, 0.717) is 32.5 Å². The lowest BCUT2D eigenvalue weighted by Gasteiger charge is -2.33. The van der Waals surface area contributed by atoms with E-state index in [0.717, 1.165) is 30.4 Å². The Hall–Kier alpha value is -2.54. The number of anilines is 1. The van der Waals surface area contributed by atoms with E-state index >= 15 is 0 Å². The Bertz CT molecular complexity index is 764. The van der Waals surface area contributed by atoms with Gasteiger partial charge in [0.1, 0.15) is 6.10 Å². The average molecular weight is 367 g/mol. The van der Waals surface area contributed by atoms with Gasteiger partial charge in [-0.15, -0.1) is 0 Å². The fourth-order valence-corrected chi connectivity index (χ4v) is 3.60. The Morgan fingerprint density at radius 3 is 2.81 bits per heavy atom. The van der Waals surface area contributed by atoms with Crippen molar-refractivity contribution < 1.29 is 9.53 Å². The van der Waals surface area contributed by atoms with Crippen molar-refractivity contribution in [3.05, 3.63) is 48.0 Å². The van der Waals surface area contributed by atoms with Gasteiger partial charge in [0.25, 0.3) is 0 Å². The fraction of sp³-hybridized carbons (Fsp3) is 0.500. The number of morpholine rings is 1. The summed E-state index contributed by atoms with van der Waals surface area (Å²) in [7, 11) is 0. The molecule has 2 aromatic rings. The first-order valence-electron chi connectivity index (χ1n) is 9.67. The van der Waals surface area contributed by atoms with E-state index in [4.69, 9.17) is 9.72 Å². The molecule has 1 unspecified atom stereocenters. The average Bonchev–Trinajstić information content (AvgIpc) is 3.28. The number of pyridine rings is 1. The van der Waals surface area contributed by atoms with Gasteiger partial charge in [-0.25, -0.2) is 9.97 Å². The van der Waals surface area contributed by atoms with Crippen LogP contribution in [-0.2, 0) is 16.0 Å². The Morgan fingerprint density at radius 2 is 2.00 bits per heavy atom. The maximum absolute atomic E-state index is 12.6. The van der Waals surface area contributed by atoms with E-state index in [9.17, 15) is 4.79 Å². The number of hydrogen-bond acceptors (Lipinski definition) is 6. The van der Waals surface area contributed by atoms with Crippen LogP contribution in [0.1, 0.15) is 36.8 Å². The molecule has 7 heteroatoms. The summed E-state index contributed by atoms with van der Waals surface area (Å²) >= 11 is 0. The van der Waals surface area contributed by atoms with Crippen molar-refractivity contribution >= 4 is 11.9 Å². The molecule has 4 heterocycles. The monoisotopic (exact) mass is 367 g/mol. The van der Waals surface area contributed by atoms with Crippen LogP contribution in [0.4, 0.5) is 5.95 Å². The number of nitrogens with zero attached hydrogens (tertiary/aromatic N) is 5. The van der Waals surface area contributed by atoms with Crippen LogP contribution in [0, 0.1) is 0 Å². The third-order valence-electron chi connectivity index (χ3n) is 5.12. The summed E-state index contributed by atoms with van der Waals surface area (Å²) in [4.78, 5) is 30.1. The van der Waals surface area contributed by atoms with E-state index in [2.05, 4.69) is 14.9 Å². The molecular formula is C20H25N5O2. The summed E-state index contributed by atoms with van der Waals surface area (Å²) in [5, 5.41) is 0. The summed E-state index contributed by atoms with van der Waals surface area (Å²) in [5.41, 5.74) is 1.80. The second kappa shape index (κ2) is 8.43. The quantitative estimate of drug-likeness (QED) is 0.805. The molecule has 2 aromatic heterocycles. The van der Waals surface area contributed by atoms with Gasteiger partial charge in [-0.1, -0.05) is 6.07 Å². The van der Waals surface area contributed by atoms with Gasteiger partial charge in [-0.05, 0) is 37.5 Å². The highest BCUT2D eigenvalue weighted by atomic mass is 16.5. The minimum Gasteiger partial charge on any atom is -0.368 e. The van der Waals surface area contributed by atoms with Crippen LogP contribution in [0.3, 0.4) is 0 Å². The number of amides is 1. The topological polar surface area (TPSA) is 71.5 Å². The number of aromatic nitrogens is 3. The highest BCUT2D eigenvalue weighted by Gasteiger charge is 2.27. The Morgan fingerprint density at radius 1 is 1.11 bits per heavy atom. The van der Waals surface area contributed by atoms with Gasteiger partial charge in [-0.2, -0.15) is 0 Å². The van der Waals surface area contributed by atoms with Crippen LogP contribution >= 0.6 is 0 Å². The zero-order valence-corrected chi connectivity index (χ0v) is 15.5. The third-order valence-corrected chi connectivity index (χ3v) is 5.12. The molecule has 0 bridgehead atoms. The zero-order chi connectivity index (χ0) is 18.5. The van der Waals surface area contributed by atoms with Crippen LogP contribution in [0.25, 0.3) is 0 Å². The van der Waals surface area contributed by atoms with Gasteiger partial charge >= 0.3 is 0 Å². The first-order valence-corrected chi connectivity index (χ1v) is 9.67. The summed E-state index contributed by atoms with van der Waals surface area (Å²) in [6.45, 7) is 3.71. The summed E-state index contributed by atoms with van der Waals surface area (Å²) < 4.78 is 5.91. The normalized spacial score (nSPS) is 20.1. The highest BCUT2D eigenvalue weighted by molar-refractivity contribution is 5.76. The Balaban J connectivity index is 1.37. The SMILES string of the molecule is O=C(CCc1ccccn1)N1CCOC(c2ccnc(N3CCCC3)n2)C1. The van der Waals surface area contributed by atoms with Crippen LogP contribution in [0.2, 0.25) is 0 Å². The fourth-order valence-electron chi connectivity index (χ4n) is 3.60. The maximum Gasteiger partial charge on any atom is 0.225 e. The van der Waals surface area contributed by atoms with Gasteiger partial charge in [0.05, 0.1) is 18.8 Å². The number of aryl methyl sites for hydroxylation is 1. The second-order valence-corrected chi connectivity index (χ2v) is 7.00. The van der Waals surface area contributed by atoms with E-state index in [1.807, 2.05) is 29.2 Å². The molecule has 0 aromatic carbocycles. The van der Waals surface area contributed by atoms with E-state index < -0.39 is 0 Å². The lowest BCUT2D eigenvalue weighted by Crippen LogP contribution is -2.42. The molecule has 1 amide bonds. The number of carbonyl (C=O) groups excluding carboxylic acids is 1. The van der Waals surface area contributed by atoms with Crippen molar-refractivity contribution in [2.45, 2.75) is 31.8 Å². The molecule has 2 aliphatic rings. The molecule has 0 spiro atoms. The molecule has 27 heavy (non-hydrogen) atoms. The third kappa shape index (κ3) is 4.42. The molecule has 4 rings (SSSR count). The Kier molecular flexibility index (Phi) is 5.58. The maximum atomic E-state index is 12.6. The molecule has 142 valence electrons. The van der Waals surface area contributed by atoms with Gasteiger partial charge in [0, 0.05) is 44.1 Å². The molecule has 0 saturated carbocycles. The molecule has 0 aliphatic carbocycles. The standard InChI is InChI=1S/C20H25N5O2/c26-19(7-6-16-5-1-2-9-21-16)25-13-14-27-18(15-25)17-8-10-22-20(23-17)24-11-3-4-12-24/h1-2,5,8-10,18H,3-4,6-7,11-15H2. The largest absolute Gasteiger partial charge is 0.368 e. The van der Waals surface area contributed by atoms with Crippen molar-refractivity contribution in [1.29, 1.82) is 0 Å². The van der Waals surface area contributed by atoms with Gasteiger partial charge in [0.2, 0.25) is 11.9 Å². The molecule has 2 aliphatic heterocycles. The summed E-state index contributed by atoms with van der Waals surface area (Å²) in [6.07, 6.45) is 6.86. The predicted octanol–water partition coefficient (Wildman–Crippen LogP) is 2.00. The van der Waals surface area contributed by atoms with Crippen LogP contribution in [0.15, 0.2) is 36.7 Å². The number of rotatable bonds is 5. The van der Waals surface area contributed by atoms with Gasteiger partial charge in [-0.3, -0.25) is 9.78 Å². The van der Waals surface area contributed by atoms with Crippen molar-refractivity contribution in [1.82, 2.24) is 19.9 Å². The van der Waals surface area contributed by atoms with Crippen molar-refractivity contribution in [2.24, 2.45) is 0 Å². The second-order valence-electron chi connectivity index (χ2n) is 7.00. The lowest BCUT2D eigenvalue weighted by atomic mass is 10.1. The number of carbonyl (C=O) groups is 1. The van der Waals surface area contributed by atoms with Crippen molar-refractivity contribution in [3.63, 3.8) is 0 Å². The van der Waals surface area contributed by atoms with Crippen molar-refractivity contribution in [2.75, 3.05) is 37.7 Å². The van der Waals surface area contributed by atoms with Crippen LogP contribution < -0.4 is 4.90 Å². The summed E-state index contributed by atoms with van der Waals surface area (Å²) in [6, 6.07) is 7.68. The Labute approximate surface area is 159 Å².